The van der Waals surface area contributed by atoms with E-state index in [1.165, 1.54) is 4.90 Å². The van der Waals surface area contributed by atoms with E-state index < -0.39 is 19.7 Å². The monoisotopic (exact) mass is 451 g/mol. The van der Waals surface area contributed by atoms with E-state index in [2.05, 4.69) is 5.10 Å². The number of hydrogen-bond acceptors (Lipinski definition) is 6. The summed E-state index contributed by atoms with van der Waals surface area (Å²) in [7, 11) is -4.65. The predicted molar refractivity (Wildman–Crippen MR) is 114 cm³/mol. The van der Waals surface area contributed by atoms with Gasteiger partial charge in [-0.3, -0.25) is 9.48 Å². The lowest BCUT2D eigenvalue weighted by Crippen LogP contribution is -2.38. The summed E-state index contributed by atoms with van der Waals surface area (Å²) in [5.74, 6) is -0.212. The van der Waals surface area contributed by atoms with Crippen LogP contribution in [0.25, 0.3) is 11.3 Å². The number of sulfone groups is 2. The lowest BCUT2D eigenvalue weighted by atomic mass is 10.1. The summed E-state index contributed by atoms with van der Waals surface area (Å²) in [4.78, 5) is 14.5. The van der Waals surface area contributed by atoms with Crippen molar-refractivity contribution in [3.05, 3.63) is 41.6 Å². The van der Waals surface area contributed by atoms with E-state index in [4.69, 9.17) is 0 Å². The van der Waals surface area contributed by atoms with Crippen molar-refractivity contribution in [3.63, 3.8) is 0 Å². The van der Waals surface area contributed by atoms with Gasteiger partial charge in [0.1, 0.15) is 0 Å². The molecule has 0 N–H and O–H groups in total. The van der Waals surface area contributed by atoms with Gasteiger partial charge in [-0.2, -0.15) is 5.10 Å². The lowest BCUT2D eigenvalue weighted by Gasteiger charge is -2.22. The van der Waals surface area contributed by atoms with Crippen molar-refractivity contribution < 1.29 is 21.6 Å². The van der Waals surface area contributed by atoms with Crippen molar-refractivity contribution in [2.75, 3.05) is 30.1 Å². The lowest BCUT2D eigenvalue weighted by molar-refractivity contribution is 0.0740. The van der Waals surface area contributed by atoms with Crippen LogP contribution in [0.15, 0.2) is 30.3 Å². The number of aromatic nitrogens is 2. The molecule has 0 unspecified atom stereocenters. The van der Waals surface area contributed by atoms with Crippen LogP contribution in [0.1, 0.15) is 34.9 Å². The number of rotatable bonds is 4. The van der Waals surface area contributed by atoms with Gasteiger partial charge in [0, 0.05) is 13.1 Å². The summed E-state index contributed by atoms with van der Waals surface area (Å²) in [6.07, 6.45) is 0.865. The summed E-state index contributed by atoms with van der Waals surface area (Å²) < 4.78 is 49.3. The first-order valence-corrected chi connectivity index (χ1v) is 13.5. The molecular weight excluding hydrogens is 426 g/mol. The average molecular weight is 452 g/mol. The molecule has 2 aliphatic rings. The summed E-state index contributed by atoms with van der Waals surface area (Å²) in [6.45, 7) is 1.98. The number of hydrogen-bond donors (Lipinski definition) is 0. The molecule has 162 valence electrons. The van der Waals surface area contributed by atoms with Gasteiger partial charge in [-0.15, -0.1) is 0 Å². The Labute approximate surface area is 176 Å². The van der Waals surface area contributed by atoms with Crippen molar-refractivity contribution in [2.24, 2.45) is 0 Å². The standard InChI is InChI=1S/C20H25N3O5S2/c1-14-3-5-15(6-4-14)19-11-18(21-23(19)17-8-10-30(27,28)13-17)20(24)22(2)16-7-9-29(25,26)12-16/h3-6,11,16-17H,7-10,12-13H2,1-2H3/t16-,17+/m1/s1. The largest absolute Gasteiger partial charge is 0.336 e. The molecule has 1 aromatic carbocycles. The van der Waals surface area contributed by atoms with Crippen molar-refractivity contribution >= 4 is 25.6 Å². The maximum atomic E-state index is 13.1. The first-order valence-electron chi connectivity index (χ1n) is 9.89. The Hall–Kier alpha value is -2.20. The van der Waals surface area contributed by atoms with Crippen molar-refractivity contribution in [1.82, 2.24) is 14.7 Å². The Morgan fingerprint density at radius 1 is 1.03 bits per heavy atom. The highest BCUT2D eigenvalue weighted by atomic mass is 32.2. The molecule has 2 atom stereocenters. The molecule has 0 bridgehead atoms. The van der Waals surface area contributed by atoms with Crippen LogP contribution in [0, 0.1) is 6.92 Å². The minimum atomic E-state index is -3.13. The molecule has 2 aromatic rings. The molecule has 0 saturated carbocycles. The second-order valence-corrected chi connectivity index (χ2v) is 12.7. The Morgan fingerprint density at radius 2 is 1.67 bits per heavy atom. The van der Waals surface area contributed by atoms with Crippen molar-refractivity contribution in [1.29, 1.82) is 0 Å². The van der Waals surface area contributed by atoms with Crippen LogP contribution in [0.5, 0.6) is 0 Å². The third-order valence-corrected chi connectivity index (χ3v) is 9.43. The van der Waals surface area contributed by atoms with E-state index in [-0.39, 0.29) is 46.7 Å². The highest BCUT2D eigenvalue weighted by Crippen LogP contribution is 2.31. The quantitative estimate of drug-likeness (QED) is 0.697. The maximum absolute atomic E-state index is 13.1. The zero-order valence-electron chi connectivity index (χ0n) is 17.0. The smallest absolute Gasteiger partial charge is 0.274 e. The third-order valence-electron chi connectivity index (χ3n) is 5.93. The third kappa shape index (κ3) is 4.15. The summed E-state index contributed by atoms with van der Waals surface area (Å²) in [6, 6.07) is 8.73. The minimum absolute atomic E-state index is 0.00210. The van der Waals surface area contributed by atoms with Crippen LogP contribution in [-0.2, 0) is 19.7 Å². The van der Waals surface area contributed by atoms with Gasteiger partial charge in [-0.1, -0.05) is 29.8 Å². The fraction of sp³-hybridized carbons (Fsp3) is 0.500. The van der Waals surface area contributed by atoms with Gasteiger partial charge in [0.15, 0.2) is 25.4 Å². The predicted octanol–water partition coefficient (Wildman–Crippen LogP) is 1.48. The van der Waals surface area contributed by atoms with Crippen LogP contribution in [0.4, 0.5) is 0 Å². The summed E-state index contributed by atoms with van der Waals surface area (Å²) in [5, 5.41) is 4.50. The van der Waals surface area contributed by atoms with Gasteiger partial charge < -0.3 is 4.90 Å². The zero-order chi connectivity index (χ0) is 21.7. The Kier molecular flexibility index (Phi) is 5.26. The first kappa shape index (κ1) is 21.0. The van der Waals surface area contributed by atoms with Crippen LogP contribution in [-0.4, -0.2) is 73.5 Å². The van der Waals surface area contributed by atoms with Crippen LogP contribution in [0.2, 0.25) is 0 Å². The van der Waals surface area contributed by atoms with E-state index in [9.17, 15) is 21.6 Å². The van der Waals surface area contributed by atoms with E-state index in [1.54, 1.807) is 17.8 Å². The SMILES string of the molecule is Cc1ccc(-c2cc(C(=O)N(C)[C@@H]3CCS(=O)(=O)C3)nn2[C@H]2CCS(=O)(=O)C2)cc1. The highest BCUT2D eigenvalue weighted by molar-refractivity contribution is 7.91. The topological polar surface area (TPSA) is 106 Å². The summed E-state index contributed by atoms with van der Waals surface area (Å²) >= 11 is 0. The molecule has 0 spiro atoms. The molecule has 2 aliphatic heterocycles. The second kappa shape index (κ2) is 7.49. The van der Waals surface area contributed by atoms with Gasteiger partial charge in [-0.25, -0.2) is 16.8 Å². The van der Waals surface area contributed by atoms with Crippen LogP contribution in [0.3, 0.4) is 0 Å². The molecule has 8 nitrogen and oxygen atoms in total. The van der Waals surface area contributed by atoms with E-state index in [1.807, 2.05) is 31.2 Å². The molecule has 30 heavy (non-hydrogen) atoms. The molecule has 1 amide bonds. The Morgan fingerprint density at radius 3 is 2.23 bits per heavy atom. The molecule has 10 heteroatoms. The molecule has 2 fully saturated rings. The van der Waals surface area contributed by atoms with E-state index >= 15 is 0 Å². The van der Waals surface area contributed by atoms with E-state index in [0.717, 1.165) is 11.1 Å². The fourth-order valence-electron chi connectivity index (χ4n) is 4.11. The molecule has 4 rings (SSSR count). The number of carbonyl (C=O) groups is 1. The van der Waals surface area contributed by atoms with E-state index in [0.29, 0.717) is 18.5 Å². The number of aryl methyl sites for hydroxylation is 1. The zero-order valence-corrected chi connectivity index (χ0v) is 18.6. The van der Waals surface area contributed by atoms with Crippen LogP contribution >= 0.6 is 0 Å². The minimum Gasteiger partial charge on any atom is -0.336 e. The Balaban J connectivity index is 1.70. The molecular formula is C20H25N3O5S2. The van der Waals surface area contributed by atoms with Crippen LogP contribution < -0.4 is 0 Å². The molecule has 0 aliphatic carbocycles. The van der Waals surface area contributed by atoms with Gasteiger partial charge >= 0.3 is 0 Å². The van der Waals surface area contributed by atoms with Crippen molar-refractivity contribution in [3.8, 4) is 11.3 Å². The number of benzene rings is 1. The number of carbonyl (C=O) groups excluding carboxylic acids is 1. The first-order chi connectivity index (χ1) is 14.0. The highest BCUT2D eigenvalue weighted by Gasteiger charge is 2.35. The number of nitrogens with zero attached hydrogens (tertiary/aromatic N) is 3. The maximum Gasteiger partial charge on any atom is 0.274 e. The number of amides is 1. The molecule has 3 heterocycles. The van der Waals surface area contributed by atoms with Gasteiger partial charge in [-0.05, 0) is 31.4 Å². The van der Waals surface area contributed by atoms with Gasteiger partial charge in [0.05, 0.1) is 34.7 Å². The van der Waals surface area contributed by atoms with Gasteiger partial charge in [0.2, 0.25) is 0 Å². The Bertz CT molecular complexity index is 1180. The van der Waals surface area contributed by atoms with Crippen molar-refractivity contribution in [2.45, 2.75) is 31.8 Å². The molecule has 0 radical (unpaired) electrons. The summed E-state index contributed by atoms with van der Waals surface area (Å²) in [5.41, 5.74) is 2.82. The molecule has 1 aromatic heterocycles. The van der Waals surface area contributed by atoms with Gasteiger partial charge in [0.25, 0.3) is 5.91 Å². The fourth-order valence-corrected chi connectivity index (χ4v) is 7.58. The molecule has 2 saturated heterocycles. The normalized spacial score (nSPS) is 24.7. The second-order valence-electron chi connectivity index (χ2n) is 8.26. The average Bonchev–Trinajstić information content (AvgIpc) is 3.37.